The van der Waals surface area contributed by atoms with Crippen molar-refractivity contribution >= 4 is 11.8 Å². The Kier molecular flexibility index (Phi) is 7.03. The molecule has 2 amide bonds. The third-order valence-electron chi connectivity index (χ3n) is 6.30. The Labute approximate surface area is 168 Å². The van der Waals surface area contributed by atoms with Crippen LogP contribution in [0.3, 0.4) is 0 Å². The lowest BCUT2D eigenvalue weighted by atomic mass is 10.0. The van der Waals surface area contributed by atoms with Gasteiger partial charge in [0.15, 0.2) is 0 Å². The molecule has 1 saturated carbocycles. The van der Waals surface area contributed by atoms with E-state index in [9.17, 15) is 9.59 Å². The second-order valence-electron chi connectivity index (χ2n) is 8.38. The number of aromatic nitrogens is 2. The predicted molar refractivity (Wildman–Crippen MR) is 109 cm³/mol. The van der Waals surface area contributed by atoms with E-state index in [-0.39, 0.29) is 17.7 Å². The lowest BCUT2D eigenvalue weighted by Gasteiger charge is -2.18. The molecule has 0 spiro atoms. The maximum absolute atomic E-state index is 12.6. The lowest BCUT2D eigenvalue weighted by Crippen LogP contribution is -2.29. The standard InChI is InChI=1S/C22H34N4O2/c1-4-23-20(27)13-19-15(2)24-22(25-16(19)3)18-11-12-26(14-18)21(28)10-9-17-7-5-6-8-17/h17-18H,4-14H2,1-3H3,(H,23,27)/t18-/m0/s1. The molecule has 0 unspecified atom stereocenters. The summed E-state index contributed by atoms with van der Waals surface area (Å²) in [6, 6.07) is 0. The summed E-state index contributed by atoms with van der Waals surface area (Å²) in [5, 5.41) is 2.83. The van der Waals surface area contributed by atoms with Crippen LogP contribution in [0.2, 0.25) is 0 Å². The van der Waals surface area contributed by atoms with E-state index in [1.165, 1.54) is 25.7 Å². The van der Waals surface area contributed by atoms with Crippen molar-refractivity contribution in [2.45, 2.75) is 78.1 Å². The van der Waals surface area contributed by atoms with E-state index in [0.29, 0.717) is 19.4 Å². The van der Waals surface area contributed by atoms with Crippen molar-refractivity contribution in [2.75, 3.05) is 19.6 Å². The quantitative estimate of drug-likeness (QED) is 0.781. The molecule has 1 aromatic heterocycles. The van der Waals surface area contributed by atoms with Crippen LogP contribution in [0.5, 0.6) is 0 Å². The number of hydrogen-bond acceptors (Lipinski definition) is 4. The van der Waals surface area contributed by atoms with Gasteiger partial charge in [0, 0.05) is 48.9 Å². The van der Waals surface area contributed by atoms with Gasteiger partial charge in [-0.15, -0.1) is 0 Å². The fraction of sp³-hybridized carbons (Fsp3) is 0.727. The number of likely N-dealkylation sites (tertiary alicyclic amines) is 1. The summed E-state index contributed by atoms with van der Waals surface area (Å²) in [5.74, 6) is 2.07. The summed E-state index contributed by atoms with van der Waals surface area (Å²) in [4.78, 5) is 35.9. The normalized spacial score (nSPS) is 20.0. The predicted octanol–water partition coefficient (Wildman–Crippen LogP) is 3.06. The molecular weight excluding hydrogens is 352 g/mol. The number of rotatable bonds is 7. The van der Waals surface area contributed by atoms with Gasteiger partial charge in [0.25, 0.3) is 0 Å². The molecule has 0 bridgehead atoms. The van der Waals surface area contributed by atoms with Gasteiger partial charge in [0.1, 0.15) is 5.82 Å². The van der Waals surface area contributed by atoms with Gasteiger partial charge in [-0.3, -0.25) is 9.59 Å². The minimum absolute atomic E-state index is 0.00458. The van der Waals surface area contributed by atoms with Crippen molar-refractivity contribution in [3.63, 3.8) is 0 Å². The Morgan fingerprint density at radius 2 is 1.79 bits per heavy atom. The maximum atomic E-state index is 12.6. The highest BCUT2D eigenvalue weighted by Gasteiger charge is 2.30. The average molecular weight is 387 g/mol. The number of nitrogens with zero attached hydrogens (tertiary/aromatic N) is 3. The Morgan fingerprint density at radius 1 is 1.11 bits per heavy atom. The Morgan fingerprint density at radius 3 is 2.43 bits per heavy atom. The number of aryl methyl sites for hydroxylation is 2. The molecule has 1 aromatic rings. The highest BCUT2D eigenvalue weighted by Crippen LogP contribution is 2.30. The smallest absolute Gasteiger partial charge is 0.224 e. The van der Waals surface area contributed by atoms with Crippen LogP contribution < -0.4 is 5.32 Å². The fourth-order valence-corrected chi connectivity index (χ4v) is 4.61. The first-order valence-corrected chi connectivity index (χ1v) is 10.9. The summed E-state index contributed by atoms with van der Waals surface area (Å²) >= 11 is 0. The maximum Gasteiger partial charge on any atom is 0.224 e. The highest BCUT2D eigenvalue weighted by molar-refractivity contribution is 5.79. The summed E-state index contributed by atoms with van der Waals surface area (Å²) in [6.45, 7) is 7.97. The van der Waals surface area contributed by atoms with Crippen LogP contribution in [0.4, 0.5) is 0 Å². The molecular formula is C22H34N4O2. The second kappa shape index (κ2) is 9.48. The number of hydrogen-bond donors (Lipinski definition) is 1. The lowest BCUT2D eigenvalue weighted by molar-refractivity contribution is -0.130. The molecule has 2 aliphatic rings. The largest absolute Gasteiger partial charge is 0.356 e. The molecule has 0 radical (unpaired) electrons. The molecule has 28 heavy (non-hydrogen) atoms. The second-order valence-corrected chi connectivity index (χ2v) is 8.38. The van der Waals surface area contributed by atoms with Gasteiger partial charge >= 0.3 is 0 Å². The van der Waals surface area contributed by atoms with E-state index in [4.69, 9.17) is 9.97 Å². The third-order valence-corrected chi connectivity index (χ3v) is 6.30. The molecule has 1 saturated heterocycles. The minimum atomic E-state index is 0.00458. The SMILES string of the molecule is CCNC(=O)Cc1c(C)nc([C@H]2CCN(C(=O)CCC3CCCC3)C2)nc1C. The van der Waals surface area contributed by atoms with Crippen LogP contribution in [-0.4, -0.2) is 46.3 Å². The van der Waals surface area contributed by atoms with Crippen LogP contribution in [0.15, 0.2) is 0 Å². The van der Waals surface area contributed by atoms with Crippen LogP contribution >= 0.6 is 0 Å². The molecule has 3 rings (SSSR count). The first-order valence-electron chi connectivity index (χ1n) is 10.9. The Bertz CT molecular complexity index is 689. The van der Waals surface area contributed by atoms with Crippen LogP contribution in [-0.2, 0) is 16.0 Å². The van der Waals surface area contributed by atoms with Crippen molar-refractivity contribution in [1.82, 2.24) is 20.2 Å². The molecule has 1 aliphatic heterocycles. The van der Waals surface area contributed by atoms with Crippen LogP contribution in [0.1, 0.15) is 80.6 Å². The van der Waals surface area contributed by atoms with Crippen molar-refractivity contribution in [3.8, 4) is 0 Å². The molecule has 0 aromatic carbocycles. The Balaban J connectivity index is 1.58. The summed E-state index contributed by atoms with van der Waals surface area (Å²) in [5.41, 5.74) is 2.66. The van der Waals surface area contributed by atoms with E-state index in [1.807, 2.05) is 25.7 Å². The molecule has 154 valence electrons. The van der Waals surface area contributed by atoms with Crippen LogP contribution in [0, 0.1) is 19.8 Å². The van der Waals surface area contributed by atoms with E-state index >= 15 is 0 Å². The van der Waals surface area contributed by atoms with Gasteiger partial charge in [-0.2, -0.15) is 0 Å². The monoisotopic (exact) mass is 386 g/mol. The fourth-order valence-electron chi connectivity index (χ4n) is 4.61. The number of likely N-dealkylation sites (N-methyl/N-ethyl adjacent to an activating group) is 1. The molecule has 2 fully saturated rings. The molecule has 2 heterocycles. The average Bonchev–Trinajstić information content (AvgIpc) is 3.34. The van der Waals surface area contributed by atoms with Gasteiger partial charge in [0.2, 0.25) is 11.8 Å². The molecule has 6 nitrogen and oxygen atoms in total. The van der Waals surface area contributed by atoms with E-state index in [1.54, 1.807) is 0 Å². The molecule has 6 heteroatoms. The van der Waals surface area contributed by atoms with Gasteiger partial charge in [-0.1, -0.05) is 25.7 Å². The topological polar surface area (TPSA) is 75.2 Å². The summed E-state index contributed by atoms with van der Waals surface area (Å²) in [7, 11) is 0. The van der Waals surface area contributed by atoms with Crippen molar-refractivity contribution in [1.29, 1.82) is 0 Å². The number of carbonyl (C=O) groups is 2. The van der Waals surface area contributed by atoms with Gasteiger partial charge in [-0.25, -0.2) is 9.97 Å². The third kappa shape index (κ3) is 5.09. The van der Waals surface area contributed by atoms with Crippen LogP contribution in [0.25, 0.3) is 0 Å². The first-order chi connectivity index (χ1) is 13.5. The highest BCUT2D eigenvalue weighted by atomic mass is 16.2. The van der Waals surface area contributed by atoms with Crippen molar-refractivity contribution in [2.24, 2.45) is 5.92 Å². The number of amides is 2. The van der Waals surface area contributed by atoms with Gasteiger partial charge in [0.05, 0.1) is 6.42 Å². The summed E-state index contributed by atoms with van der Waals surface area (Å²) < 4.78 is 0. The number of carbonyl (C=O) groups excluding carboxylic acids is 2. The van der Waals surface area contributed by atoms with Crippen molar-refractivity contribution in [3.05, 3.63) is 22.8 Å². The minimum Gasteiger partial charge on any atom is -0.356 e. The zero-order valence-corrected chi connectivity index (χ0v) is 17.6. The zero-order chi connectivity index (χ0) is 20.1. The van der Waals surface area contributed by atoms with Gasteiger partial charge < -0.3 is 10.2 Å². The van der Waals surface area contributed by atoms with Gasteiger partial charge in [-0.05, 0) is 39.5 Å². The molecule has 1 N–H and O–H groups in total. The summed E-state index contributed by atoms with van der Waals surface area (Å²) in [6.07, 6.45) is 8.22. The zero-order valence-electron chi connectivity index (χ0n) is 17.6. The molecule has 1 atom stereocenters. The number of nitrogens with one attached hydrogen (secondary N) is 1. The first kappa shape index (κ1) is 20.7. The van der Waals surface area contributed by atoms with E-state index in [2.05, 4.69) is 5.32 Å². The van der Waals surface area contributed by atoms with E-state index in [0.717, 1.165) is 54.6 Å². The molecule has 1 aliphatic carbocycles. The van der Waals surface area contributed by atoms with E-state index < -0.39 is 0 Å². The van der Waals surface area contributed by atoms with Crippen molar-refractivity contribution < 1.29 is 9.59 Å². The Hall–Kier alpha value is -1.98.